The SMILES string of the molecule is O=C(O)CC(NC(=O)OCc1ccccc1)C(=O)COC(=O)Cc1cccc2ccsc12. The lowest BCUT2D eigenvalue weighted by atomic mass is 10.1. The Bertz CT molecular complexity index is 1110. The number of hydrogen-bond donors (Lipinski definition) is 2. The lowest BCUT2D eigenvalue weighted by Gasteiger charge is -2.16. The van der Waals surface area contributed by atoms with Crippen LogP contribution in [-0.4, -0.2) is 41.6 Å². The van der Waals surface area contributed by atoms with Crippen LogP contribution in [0.4, 0.5) is 4.79 Å². The molecule has 1 amide bonds. The van der Waals surface area contributed by atoms with Crippen molar-refractivity contribution in [2.45, 2.75) is 25.5 Å². The van der Waals surface area contributed by atoms with Gasteiger partial charge in [0, 0.05) is 4.70 Å². The van der Waals surface area contributed by atoms with Gasteiger partial charge in [-0.2, -0.15) is 0 Å². The average molecular weight is 455 g/mol. The molecular formula is C23H21NO7S. The third-order valence-corrected chi connectivity index (χ3v) is 5.55. The van der Waals surface area contributed by atoms with Crippen molar-refractivity contribution in [1.29, 1.82) is 0 Å². The molecule has 0 saturated heterocycles. The van der Waals surface area contributed by atoms with E-state index in [1.165, 1.54) is 11.3 Å². The molecule has 0 aliphatic heterocycles. The third kappa shape index (κ3) is 6.64. The van der Waals surface area contributed by atoms with Crippen LogP contribution in [0, 0.1) is 0 Å². The van der Waals surface area contributed by atoms with E-state index in [4.69, 9.17) is 14.6 Å². The van der Waals surface area contributed by atoms with Crippen LogP contribution < -0.4 is 5.32 Å². The van der Waals surface area contributed by atoms with Gasteiger partial charge in [-0.25, -0.2) is 4.79 Å². The highest BCUT2D eigenvalue weighted by Crippen LogP contribution is 2.25. The predicted octanol–water partition coefficient (Wildman–Crippen LogP) is 3.33. The lowest BCUT2D eigenvalue weighted by Crippen LogP contribution is -2.44. The fourth-order valence-corrected chi connectivity index (χ4v) is 3.89. The number of aliphatic carboxylic acids is 1. The molecule has 0 spiro atoms. The largest absolute Gasteiger partial charge is 0.481 e. The second-order valence-electron chi connectivity index (χ2n) is 6.92. The first kappa shape index (κ1) is 23.0. The number of carboxylic acids is 1. The normalized spacial score (nSPS) is 11.5. The van der Waals surface area contributed by atoms with E-state index >= 15 is 0 Å². The molecule has 0 fully saturated rings. The Morgan fingerprint density at radius 2 is 1.75 bits per heavy atom. The number of carboxylic acid groups (broad SMARTS) is 1. The standard InChI is InChI=1S/C23H21NO7S/c25-19(14-30-21(28)11-17-8-4-7-16-9-10-32-22(16)17)18(12-20(26)27)24-23(29)31-13-15-5-2-1-3-6-15/h1-10,18H,11-14H2,(H,24,29)(H,26,27). The van der Waals surface area contributed by atoms with E-state index in [2.05, 4.69) is 5.32 Å². The first-order chi connectivity index (χ1) is 15.4. The third-order valence-electron chi connectivity index (χ3n) is 4.54. The molecule has 0 aliphatic rings. The summed E-state index contributed by atoms with van der Waals surface area (Å²) in [4.78, 5) is 47.7. The molecule has 3 aromatic rings. The van der Waals surface area contributed by atoms with Crippen molar-refractivity contribution in [2.75, 3.05) is 6.61 Å². The summed E-state index contributed by atoms with van der Waals surface area (Å²) in [6.07, 6.45) is -1.63. The number of esters is 1. The highest BCUT2D eigenvalue weighted by Gasteiger charge is 2.25. The number of rotatable bonds is 10. The molecule has 1 unspecified atom stereocenters. The number of carbonyl (C=O) groups excluding carboxylic acids is 3. The van der Waals surface area contributed by atoms with Crippen LogP contribution in [-0.2, 0) is 36.9 Å². The molecule has 3 rings (SSSR count). The Morgan fingerprint density at radius 3 is 2.50 bits per heavy atom. The van der Waals surface area contributed by atoms with Crippen molar-refractivity contribution < 1.29 is 33.8 Å². The molecule has 0 aliphatic carbocycles. The highest BCUT2D eigenvalue weighted by molar-refractivity contribution is 7.17. The first-order valence-electron chi connectivity index (χ1n) is 9.75. The molecule has 2 aromatic carbocycles. The van der Waals surface area contributed by atoms with Gasteiger partial charge in [0.1, 0.15) is 12.6 Å². The summed E-state index contributed by atoms with van der Waals surface area (Å²) in [6.45, 7) is -0.694. The lowest BCUT2D eigenvalue weighted by molar-refractivity contribution is -0.148. The van der Waals surface area contributed by atoms with Crippen LogP contribution in [0.5, 0.6) is 0 Å². The van der Waals surface area contributed by atoms with E-state index < -0.39 is 42.9 Å². The van der Waals surface area contributed by atoms with Crippen LogP contribution >= 0.6 is 11.3 Å². The minimum Gasteiger partial charge on any atom is -0.481 e. The van der Waals surface area contributed by atoms with E-state index in [0.29, 0.717) is 0 Å². The summed E-state index contributed by atoms with van der Waals surface area (Å²) in [6, 6.07) is 15.0. The number of Topliss-reactive ketones (excluding diaryl/α,β-unsaturated/α-hetero) is 1. The predicted molar refractivity (Wildman–Crippen MR) is 117 cm³/mol. The number of ketones is 1. The van der Waals surface area contributed by atoms with Gasteiger partial charge in [0.15, 0.2) is 12.4 Å². The summed E-state index contributed by atoms with van der Waals surface area (Å²) < 4.78 is 11.0. The second kappa shape index (κ2) is 11.1. The van der Waals surface area contributed by atoms with E-state index in [9.17, 15) is 19.2 Å². The maximum atomic E-state index is 12.4. The molecule has 0 radical (unpaired) electrons. The van der Waals surface area contributed by atoms with Gasteiger partial charge in [-0.15, -0.1) is 11.3 Å². The molecule has 0 bridgehead atoms. The highest BCUT2D eigenvalue weighted by atomic mass is 32.1. The van der Waals surface area contributed by atoms with Crippen molar-refractivity contribution in [1.82, 2.24) is 5.32 Å². The monoisotopic (exact) mass is 455 g/mol. The first-order valence-corrected chi connectivity index (χ1v) is 10.6. The maximum absolute atomic E-state index is 12.4. The van der Waals surface area contributed by atoms with Gasteiger partial charge in [-0.1, -0.05) is 48.5 Å². The van der Waals surface area contributed by atoms with Crippen LogP contribution in [0.3, 0.4) is 0 Å². The van der Waals surface area contributed by atoms with Crippen LogP contribution in [0.1, 0.15) is 17.5 Å². The molecule has 1 heterocycles. The summed E-state index contributed by atoms with van der Waals surface area (Å²) >= 11 is 1.50. The Balaban J connectivity index is 1.52. The summed E-state index contributed by atoms with van der Waals surface area (Å²) in [5, 5.41) is 14.2. The van der Waals surface area contributed by atoms with Crippen molar-refractivity contribution in [2.24, 2.45) is 0 Å². The number of hydrogen-bond acceptors (Lipinski definition) is 7. The number of fused-ring (bicyclic) bond motifs is 1. The Morgan fingerprint density at radius 1 is 0.969 bits per heavy atom. The Kier molecular flexibility index (Phi) is 7.93. The molecule has 9 heteroatoms. The van der Waals surface area contributed by atoms with Gasteiger partial charge in [0.25, 0.3) is 0 Å². The zero-order chi connectivity index (χ0) is 22.9. The number of thiophene rings is 1. The van der Waals surface area contributed by atoms with Crippen molar-refractivity contribution in [3.63, 3.8) is 0 Å². The molecule has 166 valence electrons. The van der Waals surface area contributed by atoms with Crippen molar-refractivity contribution in [3.05, 3.63) is 71.1 Å². The molecule has 32 heavy (non-hydrogen) atoms. The quantitative estimate of drug-likeness (QED) is 0.450. The minimum atomic E-state index is -1.38. The summed E-state index contributed by atoms with van der Waals surface area (Å²) in [7, 11) is 0. The maximum Gasteiger partial charge on any atom is 0.408 e. The topological polar surface area (TPSA) is 119 Å². The average Bonchev–Trinajstić information content (AvgIpc) is 3.26. The number of carbonyl (C=O) groups is 4. The van der Waals surface area contributed by atoms with Crippen molar-refractivity contribution in [3.8, 4) is 0 Å². The van der Waals surface area contributed by atoms with Gasteiger partial charge < -0.3 is 19.9 Å². The molecule has 8 nitrogen and oxygen atoms in total. The minimum absolute atomic E-state index is 0.0265. The zero-order valence-corrected chi connectivity index (χ0v) is 17.8. The number of nitrogens with one attached hydrogen (secondary N) is 1. The molecule has 1 aromatic heterocycles. The summed E-state index contributed by atoms with van der Waals surface area (Å²) in [5.74, 6) is -2.66. The van der Waals surface area contributed by atoms with Crippen LogP contribution in [0.25, 0.3) is 10.1 Å². The van der Waals surface area contributed by atoms with Gasteiger partial charge in [-0.05, 0) is 28.0 Å². The zero-order valence-electron chi connectivity index (χ0n) is 17.0. The Hall–Kier alpha value is -3.72. The molecule has 0 saturated carbocycles. The number of benzene rings is 2. The van der Waals surface area contributed by atoms with Crippen molar-refractivity contribution >= 4 is 45.2 Å². The van der Waals surface area contributed by atoms with Gasteiger partial charge >= 0.3 is 18.0 Å². The smallest absolute Gasteiger partial charge is 0.408 e. The Labute approximate surface area is 187 Å². The summed E-state index contributed by atoms with van der Waals surface area (Å²) in [5.41, 5.74) is 1.51. The number of ether oxygens (including phenoxy) is 2. The number of amides is 1. The number of alkyl carbamates (subject to hydrolysis) is 1. The van der Waals surface area contributed by atoms with E-state index in [-0.39, 0.29) is 13.0 Å². The van der Waals surface area contributed by atoms with Gasteiger partial charge in [0.2, 0.25) is 0 Å². The molecule has 1 atom stereocenters. The van der Waals surface area contributed by atoms with Gasteiger partial charge in [-0.3, -0.25) is 14.4 Å². The van der Waals surface area contributed by atoms with E-state index in [1.807, 2.05) is 29.6 Å². The van der Waals surface area contributed by atoms with Gasteiger partial charge in [0.05, 0.1) is 12.8 Å². The molecular weight excluding hydrogens is 434 g/mol. The second-order valence-corrected chi connectivity index (χ2v) is 7.83. The van der Waals surface area contributed by atoms with Crippen LogP contribution in [0.15, 0.2) is 60.0 Å². The van der Waals surface area contributed by atoms with E-state index in [0.717, 1.165) is 21.2 Å². The van der Waals surface area contributed by atoms with E-state index in [1.54, 1.807) is 30.3 Å². The molecule has 2 N–H and O–H groups in total. The van der Waals surface area contributed by atoms with Crippen LogP contribution in [0.2, 0.25) is 0 Å². The fourth-order valence-electron chi connectivity index (χ4n) is 2.98. The fraction of sp³-hybridized carbons (Fsp3) is 0.217.